The first-order chi connectivity index (χ1) is 21.5. The number of phenols is 1. The SMILES string of the molecule is C=CCc1cccc(C2C3=CCn4c(=O)n(-c5ccccc5)c(=O)n4C3CC3(Cl)C(=O)N(c4ccc(F)cc4)C(=O)C23Cl)c1O. The number of fused-ring (bicyclic) bond motifs is 4. The lowest BCUT2D eigenvalue weighted by atomic mass is 9.64. The van der Waals surface area contributed by atoms with Gasteiger partial charge in [-0.15, -0.1) is 29.8 Å². The predicted molar refractivity (Wildman–Crippen MR) is 167 cm³/mol. The normalized spacial score (nSPS) is 25.4. The molecule has 0 spiro atoms. The third kappa shape index (κ3) is 3.85. The maximum atomic E-state index is 14.4. The highest BCUT2D eigenvalue weighted by molar-refractivity contribution is 6.58. The van der Waals surface area contributed by atoms with Gasteiger partial charge in [-0.05, 0) is 54.0 Å². The standard InChI is InChI=1S/C33H25Cl2FN4O5/c1-2-7-19-8-6-11-24(27(19)41)26-23-16-17-37-30(44)39(21-9-4-3-5-10-21)31(45)40(37)25(23)18-32(34)28(42)38(29(43)33(26,32)35)22-14-12-20(36)13-15-22/h2-6,8-16,25-26,41H,1,7,17-18H2. The van der Waals surface area contributed by atoms with E-state index in [0.717, 1.165) is 21.6 Å². The van der Waals surface area contributed by atoms with E-state index in [1.807, 2.05) is 0 Å². The molecule has 1 saturated carbocycles. The van der Waals surface area contributed by atoms with Crippen LogP contribution in [-0.2, 0) is 22.6 Å². The molecule has 1 saturated heterocycles. The number of hydrogen-bond donors (Lipinski definition) is 1. The van der Waals surface area contributed by atoms with Crippen molar-refractivity contribution in [1.82, 2.24) is 13.9 Å². The van der Waals surface area contributed by atoms with Gasteiger partial charge in [-0.3, -0.25) is 9.59 Å². The van der Waals surface area contributed by atoms with Crippen LogP contribution in [0, 0.1) is 5.82 Å². The number of nitrogens with zero attached hydrogens (tertiary/aromatic N) is 4. The maximum absolute atomic E-state index is 14.4. The number of hydrogen-bond acceptors (Lipinski definition) is 5. The van der Waals surface area contributed by atoms with E-state index in [-0.39, 0.29) is 30.0 Å². The molecule has 12 heteroatoms. The Labute approximate surface area is 265 Å². The number of allylic oxidation sites excluding steroid dienone is 3. The van der Waals surface area contributed by atoms with Crippen molar-refractivity contribution in [2.24, 2.45) is 0 Å². The summed E-state index contributed by atoms with van der Waals surface area (Å²) < 4.78 is 17.4. The van der Waals surface area contributed by atoms with Crippen molar-refractivity contribution in [3.8, 4) is 11.4 Å². The number of halogens is 3. The summed E-state index contributed by atoms with van der Waals surface area (Å²) in [6.07, 6.45) is 3.28. The Kier molecular flexibility index (Phi) is 6.58. The van der Waals surface area contributed by atoms with Gasteiger partial charge in [-0.1, -0.05) is 48.6 Å². The summed E-state index contributed by atoms with van der Waals surface area (Å²) in [5.41, 5.74) is 0.318. The molecule has 0 bridgehead atoms. The molecule has 0 radical (unpaired) electrons. The smallest absolute Gasteiger partial charge is 0.352 e. The Morgan fingerprint density at radius 1 is 0.911 bits per heavy atom. The molecule has 2 aliphatic heterocycles. The van der Waals surface area contributed by atoms with Gasteiger partial charge in [0.25, 0.3) is 11.8 Å². The van der Waals surface area contributed by atoms with Crippen LogP contribution in [0.4, 0.5) is 10.1 Å². The van der Waals surface area contributed by atoms with Gasteiger partial charge in [0.15, 0.2) is 9.75 Å². The lowest BCUT2D eigenvalue weighted by Gasteiger charge is -2.49. The molecule has 45 heavy (non-hydrogen) atoms. The molecular weight excluding hydrogens is 622 g/mol. The number of rotatable bonds is 5. The lowest BCUT2D eigenvalue weighted by molar-refractivity contribution is -0.122. The molecule has 228 valence electrons. The number of aromatic nitrogens is 3. The van der Waals surface area contributed by atoms with Crippen LogP contribution >= 0.6 is 23.2 Å². The van der Waals surface area contributed by atoms with Crippen LogP contribution in [0.2, 0.25) is 0 Å². The third-order valence-corrected chi connectivity index (χ3v) is 10.4. The number of imide groups is 1. The minimum absolute atomic E-state index is 0.0462. The first-order valence-corrected chi connectivity index (χ1v) is 14.9. The van der Waals surface area contributed by atoms with E-state index in [1.54, 1.807) is 60.7 Å². The van der Waals surface area contributed by atoms with Crippen LogP contribution in [0.25, 0.3) is 5.69 Å². The molecule has 3 heterocycles. The number of benzene rings is 3. The van der Waals surface area contributed by atoms with E-state index >= 15 is 0 Å². The van der Waals surface area contributed by atoms with Crippen molar-refractivity contribution in [3.05, 3.63) is 135 Å². The van der Waals surface area contributed by atoms with Gasteiger partial charge < -0.3 is 5.11 Å². The van der Waals surface area contributed by atoms with Gasteiger partial charge in [-0.25, -0.2) is 32.8 Å². The molecule has 4 unspecified atom stereocenters. The molecule has 9 nitrogen and oxygen atoms in total. The largest absolute Gasteiger partial charge is 0.507 e. The van der Waals surface area contributed by atoms with E-state index in [4.69, 9.17) is 23.2 Å². The second kappa shape index (κ2) is 10.2. The Hall–Kier alpha value is -4.67. The van der Waals surface area contributed by atoms with E-state index in [1.165, 1.54) is 21.5 Å². The average molecular weight is 647 g/mol. The molecule has 7 rings (SSSR count). The van der Waals surface area contributed by atoms with Crippen molar-refractivity contribution in [2.75, 3.05) is 4.90 Å². The number of para-hydroxylation sites is 2. The minimum Gasteiger partial charge on any atom is -0.507 e. The summed E-state index contributed by atoms with van der Waals surface area (Å²) in [6.45, 7) is 3.70. The molecular formula is C33H25Cl2FN4O5. The van der Waals surface area contributed by atoms with E-state index < -0.39 is 50.7 Å². The predicted octanol–water partition coefficient (Wildman–Crippen LogP) is 4.57. The molecule has 1 aromatic heterocycles. The van der Waals surface area contributed by atoms with Crippen molar-refractivity contribution >= 4 is 40.7 Å². The number of amides is 2. The van der Waals surface area contributed by atoms with Gasteiger partial charge in [0, 0.05) is 17.9 Å². The summed E-state index contributed by atoms with van der Waals surface area (Å²) >= 11 is 14.7. The molecule has 2 fully saturated rings. The topological polar surface area (TPSA) is 107 Å². The zero-order chi connectivity index (χ0) is 31.8. The second-order valence-corrected chi connectivity index (χ2v) is 12.5. The molecule has 1 N–H and O–H groups in total. The summed E-state index contributed by atoms with van der Waals surface area (Å²) in [6, 6.07) is 17.1. The van der Waals surface area contributed by atoms with Crippen molar-refractivity contribution in [1.29, 1.82) is 0 Å². The first kappa shape index (κ1) is 29.1. The number of anilines is 1. The average Bonchev–Trinajstić information content (AvgIpc) is 3.37. The highest BCUT2D eigenvalue weighted by Gasteiger charge is 2.76. The van der Waals surface area contributed by atoms with Crippen LogP contribution in [0.3, 0.4) is 0 Å². The van der Waals surface area contributed by atoms with Crippen molar-refractivity contribution in [2.45, 2.75) is 41.1 Å². The van der Waals surface area contributed by atoms with Crippen LogP contribution in [0.15, 0.2) is 107 Å². The van der Waals surface area contributed by atoms with Crippen LogP contribution < -0.4 is 16.3 Å². The number of alkyl halides is 2. The number of aromatic hydroxyl groups is 1. The van der Waals surface area contributed by atoms with E-state index in [0.29, 0.717) is 23.2 Å². The van der Waals surface area contributed by atoms with E-state index in [9.17, 15) is 28.7 Å². The number of carbonyl (C=O) groups excluding carboxylic acids is 2. The zero-order valence-corrected chi connectivity index (χ0v) is 25.1. The van der Waals surface area contributed by atoms with Gasteiger partial charge in [0.05, 0.1) is 24.0 Å². The number of phenolic OH excluding ortho intramolecular Hbond substituents is 1. The van der Waals surface area contributed by atoms with Crippen molar-refractivity contribution < 1.29 is 19.1 Å². The Morgan fingerprint density at radius 3 is 2.31 bits per heavy atom. The summed E-state index contributed by atoms with van der Waals surface area (Å²) in [4.78, 5) is 52.9. The van der Waals surface area contributed by atoms with Gasteiger partial charge in [0.1, 0.15) is 11.6 Å². The monoisotopic (exact) mass is 646 g/mol. The molecule has 2 amide bonds. The van der Waals surface area contributed by atoms with Crippen molar-refractivity contribution in [3.63, 3.8) is 0 Å². The Balaban J connectivity index is 1.49. The van der Waals surface area contributed by atoms with Gasteiger partial charge in [-0.2, -0.15) is 0 Å². The molecule has 1 aliphatic carbocycles. The fourth-order valence-corrected chi connectivity index (χ4v) is 7.88. The summed E-state index contributed by atoms with van der Waals surface area (Å²) in [5.74, 6) is -3.67. The quantitative estimate of drug-likeness (QED) is 0.194. The van der Waals surface area contributed by atoms with Crippen LogP contribution in [0.1, 0.15) is 29.5 Å². The number of carbonyl (C=O) groups is 2. The fourth-order valence-electron chi connectivity index (χ4n) is 6.97. The van der Waals surface area contributed by atoms with Gasteiger partial charge >= 0.3 is 11.4 Å². The van der Waals surface area contributed by atoms with E-state index in [2.05, 4.69) is 6.58 Å². The van der Waals surface area contributed by atoms with Crippen LogP contribution in [-0.4, -0.2) is 40.6 Å². The van der Waals surface area contributed by atoms with Gasteiger partial charge in [0.2, 0.25) is 0 Å². The van der Waals surface area contributed by atoms with Crippen LogP contribution in [0.5, 0.6) is 5.75 Å². The molecule has 4 aromatic rings. The third-order valence-electron chi connectivity index (χ3n) is 9.00. The minimum atomic E-state index is -2.18. The summed E-state index contributed by atoms with van der Waals surface area (Å²) in [7, 11) is 0. The molecule has 3 aliphatic rings. The Bertz CT molecular complexity index is 2070. The molecule has 4 atom stereocenters. The lowest BCUT2D eigenvalue weighted by Crippen LogP contribution is -2.59. The Morgan fingerprint density at radius 2 is 1.62 bits per heavy atom. The highest BCUT2D eigenvalue weighted by atomic mass is 35.5. The highest BCUT2D eigenvalue weighted by Crippen LogP contribution is 2.64. The fraction of sp³-hybridized carbons (Fsp3) is 0.212. The molecule has 3 aromatic carbocycles. The summed E-state index contributed by atoms with van der Waals surface area (Å²) in [5, 5.41) is 11.5. The first-order valence-electron chi connectivity index (χ1n) is 14.2. The maximum Gasteiger partial charge on any atom is 0.352 e. The second-order valence-electron chi connectivity index (χ2n) is 11.3. The zero-order valence-electron chi connectivity index (χ0n) is 23.6.